The Bertz CT molecular complexity index is 1200. The van der Waals surface area contributed by atoms with Crippen LogP contribution < -0.4 is 10.2 Å². The van der Waals surface area contributed by atoms with Gasteiger partial charge in [0, 0.05) is 43.5 Å². The third-order valence-corrected chi connectivity index (χ3v) is 6.48. The van der Waals surface area contributed by atoms with Crippen LogP contribution in [-0.2, 0) is 4.79 Å². The van der Waals surface area contributed by atoms with Crippen molar-refractivity contribution in [2.24, 2.45) is 0 Å². The molecule has 3 aromatic rings. The highest BCUT2D eigenvalue weighted by Gasteiger charge is 2.23. The second-order valence-corrected chi connectivity index (χ2v) is 9.36. The quantitative estimate of drug-likeness (QED) is 0.429. The number of carbonyl (C=O) groups excluding carboxylic acids is 2. The molecule has 1 saturated heterocycles. The second-order valence-electron chi connectivity index (χ2n) is 8.96. The molecule has 0 aliphatic carbocycles. The van der Waals surface area contributed by atoms with Crippen molar-refractivity contribution in [3.05, 3.63) is 101 Å². The summed E-state index contributed by atoms with van der Waals surface area (Å²) in [4.78, 5) is 29.1. The summed E-state index contributed by atoms with van der Waals surface area (Å²) in [6, 6.07) is 23.1. The van der Waals surface area contributed by atoms with E-state index in [0.717, 1.165) is 11.3 Å². The van der Waals surface area contributed by atoms with E-state index in [-0.39, 0.29) is 11.8 Å². The van der Waals surface area contributed by atoms with Crippen molar-refractivity contribution in [3.8, 4) is 0 Å². The molecule has 1 fully saturated rings. The standard InChI is InChI=1S/C29H30ClN3O2/c1-21(2)23-11-8-22(9-12-23)10-15-28(34)31-25-13-14-27(26(30)20-25)32-16-18-33(19-17-32)29(35)24-6-4-3-5-7-24/h3-15,20-21H,16-19H2,1-2H3,(H,31,34)/b15-10+. The number of nitrogens with zero attached hydrogens (tertiary/aromatic N) is 2. The van der Waals surface area contributed by atoms with Crippen LogP contribution in [0.3, 0.4) is 0 Å². The van der Waals surface area contributed by atoms with Crippen LogP contribution >= 0.6 is 11.6 Å². The number of rotatable bonds is 6. The maximum absolute atomic E-state index is 12.7. The lowest BCUT2D eigenvalue weighted by molar-refractivity contribution is -0.111. The van der Waals surface area contributed by atoms with Crippen LogP contribution in [0.15, 0.2) is 78.9 Å². The van der Waals surface area contributed by atoms with E-state index in [2.05, 4.69) is 36.2 Å². The lowest BCUT2D eigenvalue weighted by Gasteiger charge is -2.36. The Morgan fingerprint density at radius 3 is 2.23 bits per heavy atom. The van der Waals surface area contributed by atoms with Gasteiger partial charge in [0.25, 0.3) is 5.91 Å². The average Bonchev–Trinajstić information content (AvgIpc) is 2.88. The molecule has 0 spiro atoms. The van der Waals surface area contributed by atoms with Gasteiger partial charge in [-0.1, -0.05) is 67.9 Å². The first-order valence-electron chi connectivity index (χ1n) is 11.9. The van der Waals surface area contributed by atoms with Crippen molar-refractivity contribution < 1.29 is 9.59 Å². The number of nitrogens with one attached hydrogen (secondary N) is 1. The number of anilines is 2. The van der Waals surface area contributed by atoms with E-state index in [1.165, 1.54) is 11.6 Å². The highest BCUT2D eigenvalue weighted by atomic mass is 35.5. The molecule has 6 heteroatoms. The molecule has 0 bridgehead atoms. The van der Waals surface area contributed by atoms with Gasteiger partial charge in [0.2, 0.25) is 5.91 Å². The second kappa shape index (κ2) is 11.2. The molecule has 180 valence electrons. The van der Waals surface area contributed by atoms with Crippen LogP contribution in [0.4, 0.5) is 11.4 Å². The Kier molecular flexibility index (Phi) is 7.88. The summed E-state index contributed by atoms with van der Waals surface area (Å²) in [6.45, 7) is 6.96. The molecule has 5 nitrogen and oxygen atoms in total. The van der Waals surface area contributed by atoms with E-state index in [9.17, 15) is 9.59 Å². The Balaban J connectivity index is 1.32. The van der Waals surface area contributed by atoms with E-state index in [4.69, 9.17) is 11.6 Å². The van der Waals surface area contributed by atoms with Crippen molar-refractivity contribution >= 4 is 40.9 Å². The summed E-state index contributed by atoms with van der Waals surface area (Å²) in [7, 11) is 0. The Morgan fingerprint density at radius 2 is 1.60 bits per heavy atom. The van der Waals surface area contributed by atoms with Gasteiger partial charge >= 0.3 is 0 Å². The summed E-state index contributed by atoms with van der Waals surface area (Å²) in [5.41, 5.74) is 4.49. The zero-order valence-electron chi connectivity index (χ0n) is 20.1. The monoisotopic (exact) mass is 487 g/mol. The summed E-state index contributed by atoms with van der Waals surface area (Å²) >= 11 is 6.56. The molecule has 0 atom stereocenters. The van der Waals surface area contributed by atoms with Crippen LogP contribution in [0, 0.1) is 0 Å². The van der Waals surface area contributed by atoms with Gasteiger partial charge in [0.05, 0.1) is 10.7 Å². The minimum Gasteiger partial charge on any atom is -0.367 e. The molecule has 1 aliphatic rings. The summed E-state index contributed by atoms with van der Waals surface area (Å²) in [5.74, 6) is 0.317. The van der Waals surface area contributed by atoms with Crippen LogP contribution in [0.2, 0.25) is 5.02 Å². The topological polar surface area (TPSA) is 52.7 Å². The van der Waals surface area contributed by atoms with Gasteiger partial charge in [0.1, 0.15) is 0 Å². The largest absolute Gasteiger partial charge is 0.367 e. The summed E-state index contributed by atoms with van der Waals surface area (Å²) < 4.78 is 0. The predicted molar refractivity (Wildman–Crippen MR) is 144 cm³/mol. The van der Waals surface area contributed by atoms with Gasteiger partial charge in [0.15, 0.2) is 0 Å². The minimum atomic E-state index is -0.213. The first-order valence-corrected chi connectivity index (χ1v) is 12.3. The first kappa shape index (κ1) is 24.6. The molecule has 1 aliphatic heterocycles. The molecule has 1 N–H and O–H groups in total. The smallest absolute Gasteiger partial charge is 0.253 e. The van der Waals surface area contributed by atoms with E-state index >= 15 is 0 Å². The molecule has 2 amide bonds. The summed E-state index contributed by atoms with van der Waals surface area (Å²) in [5, 5.41) is 3.44. The number of hydrogen-bond acceptors (Lipinski definition) is 3. The zero-order valence-corrected chi connectivity index (χ0v) is 20.8. The molecule has 4 rings (SSSR count). The van der Waals surface area contributed by atoms with Crippen LogP contribution in [0.25, 0.3) is 6.08 Å². The van der Waals surface area contributed by atoms with Crippen LogP contribution in [-0.4, -0.2) is 42.9 Å². The Labute approximate surface area is 212 Å². The minimum absolute atomic E-state index is 0.0540. The fraction of sp³-hybridized carbons (Fsp3) is 0.241. The molecule has 1 heterocycles. The van der Waals surface area contributed by atoms with Crippen molar-refractivity contribution in [1.29, 1.82) is 0 Å². The predicted octanol–water partition coefficient (Wildman–Crippen LogP) is 6.08. The fourth-order valence-electron chi connectivity index (χ4n) is 4.10. The number of benzene rings is 3. The van der Waals surface area contributed by atoms with Crippen molar-refractivity contribution in [3.63, 3.8) is 0 Å². The highest BCUT2D eigenvalue weighted by molar-refractivity contribution is 6.33. The summed E-state index contributed by atoms with van der Waals surface area (Å²) in [6.07, 6.45) is 3.32. The molecule has 0 saturated carbocycles. The van der Waals surface area contributed by atoms with Crippen molar-refractivity contribution in [2.45, 2.75) is 19.8 Å². The fourth-order valence-corrected chi connectivity index (χ4v) is 4.40. The van der Waals surface area contributed by atoms with Gasteiger partial charge in [-0.3, -0.25) is 9.59 Å². The van der Waals surface area contributed by atoms with Gasteiger partial charge in [-0.2, -0.15) is 0 Å². The molecule has 3 aromatic carbocycles. The van der Waals surface area contributed by atoms with E-state index in [1.54, 1.807) is 12.1 Å². The van der Waals surface area contributed by atoms with Gasteiger partial charge in [-0.15, -0.1) is 0 Å². The van der Waals surface area contributed by atoms with Crippen molar-refractivity contribution in [2.75, 3.05) is 36.4 Å². The number of halogens is 1. The van der Waals surface area contributed by atoms with E-state index in [1.807, 2.05) is 59.5 Å². The van der Waals surface area contributed by atoms with Gasteiger partial charge in [-0.25, -0.2) is 0 Å². The Morgan fingerprint density at radius 1 is 0.914 bits per heavy atom. The first-order chi connectivity index (χ1) is 16.9. The van der Waals surface area contributed by atoms with Gasteiger partial charge in [-0.05, 0) is 53.5 Å². The van der Waals surface area contributed by atoms with E-state index in [0.29, 0.717) is 48.4 Å². The van der Waals surface area contributed by atoms with Crippen LogP contribution in [0.5, 0.6) is 0 Å². The lowest BCUT2D eigenvalue weighted by Crippen LogP contribution is -2.48. The number of carbonyl (C=O) groups is 2. The third-order valence-electron chi connectivity index (χ3n) is 6.17. The molecule has 35 heavy (non-hydrogen) atoms. The molecule has 0 radical (unpaired) electrons. The third kappa shape index (κ3) is 6.31. The molecular weight excluding hydrogens is 458 g/mol. The Hall–Kier alpha value is -3.57. The zero-order chi connectivity index (χ0) is 24.8. The normalized spacial score (nSPS) is 13.9. The SMILES string of the molecule is CC(C)c1ccc(/C=C/C(=O)Nc2ccc(N3CCN(C(=O)c4ccccc4)CC3)c(Cl)c2)cc1. The highest BCUT2D eigenvalue weighted by Crippen LogP contribution is 2.30. The number of hydrogen-bond donors (Lipinski definition) is 1. The van der Waals surface area contributed by atoms with Gasteiger partial charge < -0.3 is 15.1 Å². The van der Waals surface area contributed by atoms with E-state index < -0.39 is 0 Å². The maximum atomic E-state index is 12.7. The van der Waals surface area contributed by atoms with Crippen LogP contribution in [0.1, 0.15) is 41.3 Å². The average molecular weight is 488 g/mol. The van der Waals surface area contributed by atoms with Crippen molar-refractivity contribution in [1.82, 2.24) is 4.90 Å². The number of piperazine rings is 1. The molecule has 0 unspecified atom stereocenters. The molecular formula is C29H30ClN3O2. The maximum Gasteiger partial charge on any atom is 0.253 e. The lowest BCUT2D eigenvalue weighted by atomic mass is 10.0. The number of amides is 2. The molecule has 0 aromatic heterocycles.